The fourth-order valence-corrected chi connectivity index (χ4v) is 3.11. The average molecular weight is 440 g/mol. The summed E-state index contributed by atoms with van der Waals surface area (Å²) in [5.41, 5.74) is 2.71. The lowest BCUT2D eigenvalue weighted by atomic mass is 10.1. The lowest BCUT2D eigenvalue weighted by Gasteiger charge is -2.13. The van der Waals surface area contributed by atoms with Crippen LogP contribution in [0.2, 0.25) is 0 Å². The minimum Gasteiger partial charge on any atom is -0.497 e. The first-order chi connectivity index (χ1) is 13.7. The van der Waals surface area contributed by atoms with Gasteiger partial charge in [-0.2, -0.15) is 0 Å². The van der Waals surface area contributed by atoms with Gasteiger partial charge in [0.1, 0.15) is 11.5 Å². The SMILES string of the molecule is COc1ccc(CNC(=O)c2cc(Br)ccc2OCCc2ccccc2)cc1. The number of carbonyl (C=O) groups excluding carboxylic acids is 1. The summed E-state index contributed by atoms with van der Waals surface area (Å²) in [5.74, 6) is 1.19. The van der Waals surface area contributed by atoms with Crippen molar-refractivity contribution in [2.45, 2.75) is 13.0 Å². The van der Waals surface area contributed by atoms with Crippen molar-refractivity contribution in [2.24, 2.45) is 0 Å². The van der Waals surface area contributed by atoms with Crippen LogP contribution in [0.1, 0.15) is 21.5 Å². The molecule has 1 N–H and O–H groups in total. The predicted molar refractivity (Wildman–Crippen MR) is 114 cm³/mol. The molecule has 0 saturated heterocycles. The molecule has 0 aliphatic heterocycles. The van der Waals surface area contributed by atoms with Crippen molar-refractivity contribution < 1.29 is 14.3 Å². The van der Waals surface area contributed by atoms with Gasteiger partial charge in [0.25, 0.3) is 5.91 Å². The van der Waals surface area contributed by atoms with Crippen LogP contribution in [0.25, 0.3) is 0 Å². The number of nitrogens with one attached hydrogen (secondary N) is 1. The van der Waals surface area contributed by atoms with Gasteiger partial charge in [-0.3, -0.25) is 4.79 Å². The maximum absolute atomic E-state index is 12.7. The van der Waals surface area contributed by atoms with Crippen LogP contribution in [0.15, 0.2) is 77.3 Å². The van der Waals surface area contributed by atoms with Crippen LogP contribution >= 0.6 is 15.9 Å². The van der Waals surface area contributed by atoms with Crippen LogP contribution in [0.3, 0.4) is 0 Å². The average Bonchev–Trinajstić information content (AvgIpc) is 2.74. The lowest BCUT2D eigenvalue weighted by Crippen LogP contribution is -2.23. The normalized spacial score (nSPS) is 10.4. The monoisotopic (exact) mass is 439 g/mol. The highest BCUT2D eigenvalue weighted by Crippen LogP contribution is 2.24. The molecular formula is C23H22BrNO3. The summed E-state index contributed by atoms with van der Waals surface area (Å²) in [7, 11) is 1.63. The molecule has 0 fully saturated rings. The van der Waals surface area contributed by atoms with Gasteiger partial charge in [-0.05, 0) is 41.5 Å². The first kappa shape index (κ1) is 20.0. The summed E-state index contributed by atoms with van der Waals surface area (Å²) in [6, 6.07) is 23.2. The van der Waals surface area contributed by atoms with Crippen LogP contribution in [0.4, 0.5) is 0 Å². The van der Waals surface area contributed by atoms with E-state index in [0.717, 1.165) is 22.2 Å². The molecule has 0 radical (unpaired) electrons. The third kappa shape index (κ3) is 5.60. The number of benzene rings is 3. The number of amides is 1. The second-order valence-electron chi connectivity index (χ2n) is 6.26. The van der Waals surface area contributed by atoms with Gasteiger partial charge in [0.05, 0.1) is 19.3 Å². The summed E-state index contributed by atoms with van der Waals surface area (Å²) in [4.78, 5) is 12.7. The molecule has 0 heterocycles. The van der Waals surface area contributed by atoms with E-state index in [9.17, 15) is 4.79 Å². The highest BCUT2D eigenvalue weighted by Gasteiger charge is 2.13. The van der Waals surface area contributed by atoms with Crippen molar-refractivity contribution in [2.75, 3.05) is 13.7 Å². The molecule has 4 nitrogen and oxygen atoms in total. The maximum Gasteiger partial charge on any atom is 0.255 e. The molecule has 0 atom stereocenters. The highest BCUT2D eigenvalue weighted by atomic mass is 79.9. The Morgan fingerprint density at radius 3 is 2.43 bits per heavy atom. The Balaban J connectivity index is 1.62. The Hall–Kier alpha value is -2.79. The summed E-state index contributed by atoms with van der Waals surface area (Å²) >= 11 is 3.43. The van der Waals surface area contributed by atoms with E-state index in [2.05, 4.69) is 33.4 Å². The molecule has 3 aromatic rings. The Morgan fingerprint density at radius 2 is 1.71 bits per heavy atom. The number of hydrogen-bond donors (Lipinski definition) is 1. The fourth-order valence-electron chi connectivity index (χ4n) is 2.75. The van der Waals surface area contributed by atoms with E-state index >= 15 is 0 Å². The number of rotatable bonds is 8. The molecule has 3 aromatic carbocycles. The van der Waals surface area contributed by atoms with Gasteiger partial charge in [0.15, 0.2) is 0 Å². The Morgan fingerprint density at radius 1 is 0.964 bits per heavy atom. The van der Waals surface area contributed by atoms with E-state index in [1.54, 1.807) is 13.2 Å². The molecule has 1 amide bonds. The van der Waals surface area contributed by atoms with Crippen molar-refractivity contribution in [1.29, 1.82) is 0 Å². The Kier molecular flexibility index (Phi) is 7.09. The van der Waals surface area contributed by atoms with E-state index in [0.29, 0.717) is 24.5 Å². The predicted octanol–water partition coefficient (Wildman–Crippen LogP) is 5.01. The third-order valence-corrected chi connectivity index (χ3v) is 4.78. The minimum atomic E-state index is -0.174. The lowest BCUT2D eigenvalue weighted by molar-refractivity contribution is 0.0947. The molecule has 0 saturated carbocycles. The van der Waals surface area contributed by atoms with Gasteiger partial charge in [0, 0.05) is 17.4 Å². The summed E-state index contributed by atoms with van der Waals surface area (Å²) in [6.07, 6.45) is 0.782. The van der Waals surface area contributed by atoms with Gasteiger partial charge in [-0.15, -0.1) is 0 Å². The second kappa shape index (κ2) is 9.95. The van der Waals surface area contributed by atoms with Crippen molar-refractivity contribution in [3.05, 3.63) is 94.0 Å². The van der Waals surface area contributed by atoms with Crippen LogP contribution < -0.4 is 14.8 Å². The molecule has 0 unspecified atom stereocenters. The fraction of sp³-hybridized carbons (Fsp3) is 0.174. The Labute approximate surface area is 173 Å². The zero-order valence-electron chi connectivity index (χ0n) is 15.7. The maximum atomic E-state index is 12.7. The van der Waals surface area contributed by atoms with Crippen LogP contribution in [-0.2, 0) is 13.0 Å². The van der Waals surface area contributed by atoms with Gasteiger partial charge in [0.2, 0.25) is 0 Å². The van der Waals surface area contributed by atoms with Gasteiger partial charge >= 0.3 is 0 Å². The van der Waals surface area contributed by atoms with Crippen LogP contribution in [0, 0.1) is 0 Å². The summed E-state index contributed by atoms with van der Waals surface area (Å²) in [5, 5.41) is 2.95. The zero-order valence-corrected chi connectivity index (χ0v) is 17.2. The Bertz CT molecular complexity index is 911. The molecule has 0 bridgehead atoms. The quantitative estimate of drug-likeness (QED) is 0.536. The molecule has 0 aliphatic carbocycles. The molecule has 0 spiro atoms. The molecular weight excluding hydrogens is 418 g/mol. The van der Waals surface area contributed by atoms with Crippen LogP contribution in [0.5, 0.6) is 11.5 Å². The van der Waals surface area contributed by atoms with E-state index < -0.39 is 0 Å². The third-order valence-electron chi connectivity index (χ3n) is 4.29. The first-order valence-electron chi connectivity index (χ1n) is 9.03. The standard InChI is InChI=1S/C23H22BrNO3/c1-27-20-10-7-18(8-11-20)16-25-23(26)21-15-19(24)9-12-22(21)28-14-13-17-5-3-2-4-6-17/h2-12,15H,13-14,16H2,1H3,(H,25,26). The highest BCUT2D eigenvalue weighted by molar-refractivity contribution is 9.10. The van der Waals surface area contributed by atoms with Crippen LogP contribution in [-0.4, -0.2) is 19.6 Å². The minimum absolute atomic E-state index is 0.174. The van der Waals surface area contributed by atoms with Crippen molar-refractivity contribution >= 4 is 21.8 Å². The molecule has 0 aromatic heterocycles. The van der Waals surface area contributed by atoms with Gasteiger partial charge < -0.3 is 14.8 Å². The summed E-state index contributed by atoms with van der Waals surface area (Å²) < 4.78 is 11.9. The second-order valence-corrected chi connectivity index (χ2v) is 7.17. The molecule has 144 valence electrons. The number of halogens is 1. The van der Waals surface area contributed by atoms with E-state index in [1.165, 1.54) is 5.56 Å². The van der Waals surface area contributed by atoms with E-state index in [1.807, 2.05) is 54.6 Å². The number of methoxy groups -OCH3 is 1. The molecule has 28 heavy (non-hydrogen) atoms. The van der Waals surface area contributed by atoms with Crippen molar-refractivity contribution in [3.8, 4) is 11.5 Å². The molecule has 0 aliphatic rings. The smallest absolute Gasteiger partial charge is 0.255 e. The zero-order chi connectivity index (χ0) is 19.8. The summed E-state index contributed by atoms with van der Waals surface area (Å²) in [6.45, 7) is 0.934. The number of carbonyl (C=O) groups is 1. The molecule has 3 rings (SSSR count). The van der Waals surface area contributed by atoms with Gasteiger partial charge in [-0.1, -0.05) is 58.4 Å². The largest absolute Gasteiger partial charge is 0.497 e. The van der Waals surface area contributed by atoms with Crippen molar-refractivity contribution in [3.63, 3.8) is 0 Å². The van der Waals surface area contributed by atoms with E-state index in [-0.39, 0.29) is 5.91 Å². The van der Waals surface area contributed by atoms with E-state index in [4.69, 9.17) is 9.47 Å². The van der Waals surface area contributed by atoms with Crippen molar-refractivity contribution in [1.82, 2.24) is 5.32 Å². The molecule has 5 heteroatoms. The topological polar surface area (TPSA) is 47.6 Å². The van der Waals surface area contributed by atoms with Gasteiger partial charge in [-0.25, -0.2) is 0 Å². The number of ether oxygens (including phenoxy) is 2. The number of hydrogen-bond acceptors (Lipinski definition) is 3. The first-order valence-corrected chi connectivity index (χ1v) is 9.82.